The molecule has 98 valence electrons. The van der Waals surface area contributed by atoms with Gasteiger partial charge in [0.25, 0.3) is 0 Å². The molecule has 1 aliphatic heterocycles. The SMILES string of the molecule is CCC(C(=S)NCN1CCCC1)c1cnccn1. The molecule has 1 fully saturated rings. The summed E-state index contributed by atoms with van der Waals surface area (Å²) in [5.41, 5.74) is 0.957. The lowest BCUT2D eigenvalue weighted by atomic mass is 10.0. The van der Waals surface area contributed by atoms with Crippen molar-refractivity contribution in [3.63, 3.8) is 0 Å². The highest BCUT2D eigenvalue weighted by Crippen LogP contribution is 2.17. The van der Waals surface area contributed by atoms with Crippen LogP contribution in [0.2, 0.25) is 0 Å². The summed E-state index contributed by atoms with van der Waals surface area (Å²) in [6, 6.07) is 0. The Balaban J connectivity index is 1.89. The van der Waals surface area contributed by atoms with Crippen molar-refractivity contribution < 1.29 is 0 Å². The highest BCUT2D eigenvalue weighted by atomic mass is 32.1. The van der Waals surface area contributed by atoms with Gasteiger partial charge in [0.05, 0.1) is 23.3 Å². The fourth-order valence-electron chi connectivity index (χ4n) is 2.27. The minimum absolute atomic E-state index is 0.177. The van der Waals surface area contributed by atoms with Crippen molar-refractivity contribution in [2.75, 3.05) is 19.8 Å². The van der Waals surface area contributed by atoms with Crippen LogP contribution in [0.4, 0.5) is 0 Å². The van der Waals surface area contributed by atoms with E-state index in [9.17, 15) is 0 Å². The van der Waals surface area contributed by atoms with Crippen LogP contribution in [0, 0.1) is 0 Å². The van der Waals surface area contributed by atoms with Crippen LogP contribution < -0.4 is 5.32 Å². The Kier molecular flexibility index (Phi) is 5.01. The fourth-order valence-corrected chi connectivity index (χ4v) is 2.63. The first kappa shape index (κ1) is 13.4. The van der Waals surface area contributed by atoms with Crippen molar-refractivity contribution in [1.82, 2.24) is 20.2 Å². The maximum Gasteiger partial charge on any atom is 0.0855 e. The van der Waals surface area contributed by atoms with Gasteiger partial charge >= 0.3 is 0 Å². The van der Waals surface area contributed by atoms with Gasteiger partial charge in [-0.3, -0.25) is 14.9 Å². The Bertz CT molecular complexity index is 376. The van der Waals surface area contributed by atoms with Crippen LogP contribution in [0.3, 0.4) is 0 Å². The van der Waals surface area contributed by atoms with Gasteiger partial charge in [-0.25, -0.2) is 0 Å². The van der Waals surface area contributed by atoms with Crippen molar-refractivity contribution in [3.8, 4) is 0 Å². The van der Waals surface area contributed by atoms with Gasteiger partial charge in [0.15, 0.2) is 0 Å². The van der Waals surface area contributed by atoms with Crippen LogP contribution in [0.15, 0.2) is 18.6 Å². The molecule has 1 aromatic rings. The summed E-state index contributed by atoms with van der Waals surface area (Å²) < 4.78 is 0. The third kappa shape index (κ3) is 3.46. The van der Waals surface area contributed by atoms with Crippen LogP contribution in [0.1, 0.15) is 37.8 Å². The van der Waals surface area contributed by atoms with Crippen LogP contribution in [0.25, 0.3) is 0 Å². The number of likely N-dealkylation sites (tertiary alicyclic amines) is 1. The van der Waals surface area contributed by atoms with Gasteiger partial charge in [-0.15, -0.1) is 0 Å². The average Bonchev–Trinajstić information content (AvgIpc) is 2.92. The zero-order valence-electron chi connectivity index (χ0n) is 10.8. The molecular weight excluding hydrogens is 244 g/mol. The molecule has 5 heteroatoms. The molecule has 1 atom stereocenters. The normalized spacial score (nSPS) is 17.6. The van der Waals surface area contributed by atoms with E-state index in [1.54, 1.807) is 18.6 Å². The van der Waals surface area contributed by atoms with Crippen molar-refractivity contribution in [2.24, 2.45) is 0 Å². The molecule has 1 unspecified atom stereocenters. The standard InChI is InChI=1S/C13H20N4S/c1-2-11(12-9-14-5-6-15-12)13(18)16-10-17-7-3-4-8-17/h5-6,9,11H,2-4,7-8,10H2,1H3,(H,16,18). The van der Waals surface area contributed by atoms with Crippen molar-refractivity contribution >= 4 is 17.2 Å². The Labute approximate surface area is 114 Å². The minimum Gasteiger partial charge on any atom is -0.366 e. The summed E-state index contributed by atoms with van der Waals surface area (Å²) >= 11 is 5.49. The molecule has 1 saturated heterocycles. The summed E-state index contributed by atoms with van der Waals surface area (Å²) in [5, 5.41) is 3.36. The molecule has 0 amide bonds. The largest absolute Gasteiger partial charge is 0.366 e. The third-order valence-corrected chi connectivity index (χ3v) is 3.77. The van der Waals surface area contributed by atoms with Crippen LogP contribution in [-0.2, 0) is 0 Å². The van der Waals surface area contributed by atoms with E-state index in [0.29, 0.717) is 0 Å². The number of thiocarbonyl (C=S) groups is 1. The highest BCUT2D eigenvalue weighted by Gasteiger charge is 2.18. The van der Waals surface area contributed by atoms with E-state index in [1.165, 1.54) is 25.9 Å². The van der Waals surface area contributed by atoms with Gasteiger partial charge in [0.1, 0.15) is 0 Å². The van der Waals surface area contributed by atoms with Gasteiger partial charge in [-0.2, -0.15) is 0 Å². The zero-order chi connectivity index (χ0) is 12.8. The van der Waals surface area contributed by atoms with Gasteiger partial charge in [0.2, 0.25) is 0 Å². The molecule has 0 saturated carbocycles. The molecular formula is C13H20N4S. The lowest BCUT2D eigenvalue weighted by Crippen LogP contribution is -2.37. The zero-order valence-corrected chi connectivity index (χ0v) is 11.6. The number of rotatable bonds is 5. The minimum atomic E-state index is 0.177. The molecule has 1 aromatic heterocycles. The Morgan fingerprint density at radius 1 is 1.44 bits per heavy atom. The maximum atomic E-state index is 5.49. The third-order valence-electron chi connectivity index (χ3n) is 3.34. The van der Waals surface area contributed by atoms with E-state index in [4.69, 9.17) is 12.2 Å². The van der Waals surface area contributed by atoms with Gasteiger partial charge in [-0.05, 0) is 32.4 Å². The second-order valence-electron chi connectivity index (χ2n) is 4.62. The second kappa shape index (κ2) is 6.75. The lowest BCUT2D eigenvalue weighted by Gasteiger charge is -2.21. The lowest BCUT2D eigenvalue weighted by molar-refractivity contribution is 0.332. The molecule has 0 spiro atoms. The summed E-state index contributed by atoms with van der Waals surface area (Å²) in [4.78, 5) is 11.7. The molecule has 4 nitrogen and oxygen atoms in total. The van der Waals surface area contributed by atoms with Crippen LogP contribution in [0.5, 0.6) is 0 Å². The molecule has 1 aliphatic rings. The highest BCUT2D eigenvalue weighted by molar-refractivity contribution is 7.80. The molecule has 0 bridgehead atoms. The van der Waals surface area contributed by atoms with Crippen molar-refractivity contribution in [2.45, 2.75) is 32.1 Å². The molecule has 1 N–H and O–H groups in total. The van der Waals surface area contributed by atoms with E-state index in [-0.39, 0.29) is 5.92 Å². The first-order valence-corrected chi connectivity index (χ1v) is 6.98. The van der Waals surface area contributed by atoms with E-state index in [2.05, 4.69) is 27.1 Å². The predicted molar refractivity (Wildman–Crippen MR) is 76.5 cm³/mol. The summed E-state index contributed by atoms with van der Waals surface area (Å²) in [5.74, 6) is 0.177. The van der Waals surface area contributed by atoms with Crippen molar-refractivity contribution in [3.05, 3.63) is 24.3 Å². The fraction of sp³-hybridized carbons (Fsp3) is 0.615. The van der Waals surface area contributed by atoms with Crippen LogP contribution >= 0.6 is 12.2 Å². The molecule has 0 aromatic carbocycles. The topological polar surface area (TPSA) is 41.0 Å². The summed E-state index contributed by atoms with van der Waals surface area (Å²) in [7, 11) is 0. The Hall–Kier alpha value is -1.07. The first-order chi connectivity index (χ1) is 8.81. The van der Waals surface area contributed by atoms with E-state index in [1.807, 2.05) is 0 Å². The van der Waals surface area contributed by atoms with Crippen LogP contribution in [-0.4, -0.2) is 39.6 Å². The molecule has 18 heavy (non-hydrogen) atoms. The Morgan fingerprint density at radius 3 is 2.83 bits per heavy atom. The molecule has 0 aliphatic carbocycles. The van der Waals surface area contributed by atoms with Gasteiger partial charge in [-0.1, -0.05) is 19.1 Å². The predicted octanol–water partition coefficient (Wildman–Crippen LogP) is 1.94. The molecule has 2 rings (SSSR count). The first-order valence-electron chi connectivity index (χ1n) is 6.57. The number of nitrogens with one attached hydrogen (secondary N) is 1. The Morgan fingerprint density at radius 2 is 2.22 bits per heavy atom. The van der Waals surface area contributed by atoms with E-state index < -0.39 is 0 Å². The quantitative estimate of drug-likeness (QED) is 0.823. The van der Waals surface area contributed by atoms with Gasteiger partial charge < -0.3 is 5.32 Å². The van der Waals surface area contributed by atoms with Gasteiger partial charge in [0, 0.05) is 18.6 Å². The number of hydrogen-bond acceptors (Lipinski definition) is 4. The van der Waals surface area contributed by atoms with E-state index in [0.717, 1.165) is 23.8 Å². The second-order valence-corrected chi connectivity index (χ2v) is 5.06. The van der Waals surface area contributed by atoms with Crippen molar-refractivity contribution in [1.29, 1.82) is 0 Å². The smallest absolute Gasteiger partial charge is 0.0855 e. The van der Waals surface area contributed by atoms with E-state index >= 15 is 0 Å². The number of hydrogen-bond donors (Lipinski definition) is 1. The number of aromatic nitrogens is 2. The monoisotopic (exact) mass is 264 g/mol. The average molecular weight is 264 g/mol. The molecule has 2 heterocycles. The number of nitrogens with zero attached hydrogens (tertiary/aromatic N) is 3. The summed E-state index contributed by atoms with van der Waals surface area (Å²) in [6.45, 7) is 5.34. The summed E-state index contributed by atoms with van der Waals surface area (Å²) in [6.07, 6.45) is 8.77. The molecule has 0 radical (unpaired) electrons. The maximum absolute atomic E-state index is 5.49.